The minimum Gasteiger partial charge on any atom is -0.384 e. The molecule has 0 fully saturated rings. The Balaban J connectivity index is 2.12. The van der Waals surface area contributed by atoms with Crippen LogP contribution in [0.5, 0.6) is 0 Å². The molecule has 0 aliphatic rings. The Hall–Kier alpha value is -2.64. The van der Waals surface area contributed by atoms with Gasteiger partial charge in [0.05, 0.1) is 0 Å². The summed E-state index contributed by atoms with van der Waals surface area (Å²) in [7, 11) is 1.75. The summed E-state index contributed by atoms with van der Waals surface area (Å²) in [6.45, 7) is 0.304. The average Bonchev–Trinajstić information content (AvgIpc) is 2.53. The van der Waals surface area contributed by atoms with Crippen molar-refractivity contribution in [3.63, 3.8) is 0 Å². The van der Waals surface area contributed by atoms with Crippen molar-refractivity contribution in [1.82, 2.24) is 9.88 Å². The van der Waals surface area contributed by atoms with E-state index in [9.17, 15) is 4.79 Å². The molecular weight excluding hydrogens is 264 g/mol. The van der Waals surface area contributed by atoms with Gasteiger partial charge < -0.3 is 10.0 Å². The molecule has 1 heterocycles. The number of aliphatic hydroxyl groups is 1. The van der Waals surface area contributed by atoms with Crippen molar-refractivity contribution in [2.75, 3.05) is 13.7 Å². The second kappa shape index (κ2) is 7.22. The highest BCUT2D eigenvalue weighted by Crippen LogP contribution is 2.09. The van der Waals surface area contributed by atoms with E-state index in [1.165, 1.54) is 0 Å². The molecule has 4 nitrogen and oxygen atoms in total. The minimum absolute atomic E-state index is 0.0773. The SMILES string of the molecule is CN(Cc1cccnc1)C(=O)c1cccc(C#CCO)c1. The fraction of sp³-hybridized carbons (Fsp3) is 0.176. The fourth-order valence-corrected chi connectivity index (χ4v) is 1.93. The second-order valence-corrected chi connectivity index (χ2v) is 4.56. The van der Waals surface area contributed by atoms with Gasteiger partial charge in [-0.15, -0.1) is 0 Å². The fourth-order valence-electron chi connectivity index (χ4n) is 1.93. The van der Waals surface area contributed by atoms with Gasteiger partial charge >= 0.3 is 0 Å². The summed E-state index contributed by atoms with van der Waals surface area (Å²) in [5, 5.41) is 8.70. The maximum absolute atomic E-state index is 12.4. The molecule has 0 spiro atoms. The topological polar surface area (TPSA) is 53.4 Å². The Morgan fingerprint density at radius 2 is 2.19 bits per heavy atom. The van der Waals surface area contributed by atoms with Gasteiger partial charge in [-0.05, 0) is 29.8 Å². The van der Waals surface area contributed by atoms with Gasteiger partial charge in [-0.3, -0.25) is 9.78 Å². The maximum Gasteiger partial charge on any atom is 0.253 e. The number of benzene rings is 1. The zero-order chi connectivity index (χ0) is 15.1. The predicted molar refractivity (Wildman–Crippen MR) is 80.4 cm³/mol. The van der Waals surface area contributed by atoms with Gasteiger partial charge in [0, 0.05) is 37.1 Å². The van der Waals surface area contributed by atoms with Gasteiger partial charge in [-0.2, -0.15) is 0 Å². The van der Waals surface area contributed by atoms with Crippen LogP contribution in [0.1, 0.15) is 21.5 Å². The maximum atomic E-state index is 12.4. The van der Waals surface area contributed by atoms with Crippen LogP contribution in [0, 0.1) is 11.8 Å². The summed E-state index contributed by atoms with van der Waals surface area (Å²) in [6, 6.07) is 10.8. The smallest absolute Gasteiger partial charge is 0.253 e. The molecule has 1 N–H and O–H groups in total. The molecule has 0 atom stereocenters. The Bertz CT molecular complexity index is 672. The number of amides is 1. The summed E-state index contributed by atoms with van der Waals surface area (Å²) >= 11 is 0. The van der Waals surface area contributed by atoms with Crippen LogP contribution in [0.15, 0.2) is 48.8 Å². The molecule has 106 valence electrons. The number of pyridine rings is 1. The highest BCUT2D eigenvalue weighted by Gasteiger charge is 2.12. The monoisotopic (exact) mass is 280 g/mol. The molecule has 0 unspecified atom stereocenters. The number of carbonyl (C=O) groups excluding carboxylic acids is 1. The lowest BCUT2D eigenvalue weighted by Gasteiger charge is -2.17. The zero-order valence-electron chi connectivity index (χ0n) is 11.8. The lowest BCUT2D eigenvalue weighted by atomic mass is 10.1. The Morgan fingerprint density at radius 3 is 2.90 bits per heavy atom. The normalized spacial score (nSPS) is 9.62. The van der Waals surface area contributed by atoms with Crippen LogP contribution in [0.2, 0.25) is 0 Å². The van der Waals surface area contributed by atoms with Crippen molar-refractivity contribution in [3.8, 4) is 11.8 Å². The molecule has 21 heavy (non-hydrogen) atoms. The van der Waals surface area contributed by atoms with Crippen LogP contribution < -0.4 is 0 Å². The molecule has 0 aliphatic heterocycles. The first-order valence-electron chi connectivity index (χ1n) is 6.55. The number of nitrogens with zero attached hydrogens (tertiary/aromatic N) is 2. The summed E-state index contributed by atoms with van der Waals surface area (Å²) < 4.78 is 0. The molecule has 0 radical (unpaired) electrons. The molecule has 2 aromatic rings. The zero-order valence-corrected chi connectivity index (χ0v) is 11.8. The number of aromatic nitrogens is 1. The average molecular weight is 280 g/mol. The Morgan fingerprint density at radius 1 is 1.33 bits per heavy atom. The van der Waals surface area contributed by atoms with E-state index in [0.29, 0.717) is 17.7 Å². The van der Waals surface area contributed by atoms with Gasteiger partial charge in [0.15, 0.2) is 0 Å². The van der Waals surface area contributed by atoms with E-state index >= 15 is 0 Å². The molecule has 0 saturated heterocycles. The molecule has 1 aromatic carbocycles. The first-order chi connectivity index (χ1) is 10.2. The highest BCUT2D eigenvalue weighted by molar-refractivity contribution is 5.94. The van der Waals surface area contributed by atoms with Crippen molar-refractivity contribution in [2.24, 2.45) is 0 Å². The van der Waals surface area contributed by atoms with Crippen molar-refractivity contribution in [2.45, 2.75) is 6.54 Å². The van der Waals surface area contributed by atoms with E-state index in [-0.39, 0.29) is 12.5 Å². The number of rotatable bonds is 3. The molecular formula is C17H16N2O2. The van der Waals surface area contributed by atoms with Crippen molar-refractivity contribution < 1.29 is 9.90 Å². The van der Waals surface area contributed by atoms with Gasteiger partial charge in [0.25, 0.3) is 5.91 Å². The Kier molecular flexibility index (Phi) is 5.08. The first-order valence-corrected chi connectivity index (χ1v) is 6.55. The number of hydrogen-bond donors (Lipinski definition) is 1. The van der Waals surface area contributed by atoms with E-state index in [2.05, 4.69) is 16.8 Å². The van der Waals surface area contributed by atoms with Gasteiger partial charge in [0.2, 0.25) is 0 Å². The van der Waals surface area contributed by atoms with E-state index in [4.69, 9.17) is 5.11 Å². The van der Waals surface area contributed by atoms with Crippen LogP contribution in [0.4, 0.5) is 0 Å². The third-order valence-electron chi connectivity index (χ3n) is 2.91. The van der Waals surface area contributed by atoms with Crippen LogP contribution in [-0.2, 0) is 6.54 Å². The highest BCUT2D eigenvalue weighted by atomic mass is 16.2. The third kappa shape index (κ3) is 4.16. The van der Waals surface area contributed by atoms with Crippen molar-refractivity contribution in [1.29, 1.82) is 0 Å². The quantitative estimate of drug-likeness (QED) is 0.871. The van der Waals surface area contributed by atoms with E-state index < -0.39 is 0 Å². The van der Waals surface area contributed by atoms with Crippen LogP contribution in [0.25, 0.3) is 0 Å². The van der Waals surface area contributed by atoms with Crippen LogP contribution in [-0.4, -0.2) is 34.6 Å². The second-order valence-electron chi connectivity index (χ2n) is 4.56. The van der Waals surface area contributed by atoms with Gasteiger partial charge in [-0.1, -0.05) is 24.0 Å². The van der Waals surface area contributed by atoms with E-state index in [1.54, 1.807) is 48.6 Å². The lowest BCUT2D eigenvalue weighted by Crippen LogP contribution is -2.26. The molecule has 1 aromatic heterocycles. The van der Waals surface area contributed by atoms with Crippen molar-refractivity contribution in [3.05, 3.63) is 65.5 Å². The first kappa shape index (κ1) is 14.8. The standard InChI is InChI=1S/C17H16N2O2/c1-19(13-15-6-3-9-18-12-15)17(21)16-8-2-5-14(11-16)7-4-10-20/h2-3,5-6,8-9,11-12,20H,10,13H2,1H3. The van der Waals surface area contributed by atoms with E-state index in [0.717, 1.165) is 5.56 Å². The summed E-state index contributed by atoms with van der Waals surface area (Å²) in [5.74, 6) is 5.29. The number of carbonyl (C=O) groups is 1. The van der Waals surface area contributed by atoms with Gasteiger partial charge in [-0.25, -0.2) is 0 Å². The summed E-state index contributed by atoms with van der Waals surface area (Å²) in [4.78, 5) is 18.1. The van der Waals surface area contributed by atoms with Crippen LogP contribution >= 0.6 is 0 Å². The minimum atomic E-state index is -0.195. The molecule has 0 aliphatic carbocycles. The summed E-state index contributed by atoms with van der Waals surface area (Å²) in [5.41, 5.74) is 2.26. The molecule has 1 amide bonds. The van der Waals surface area contributed by atoms with Crippen molar-refractivity contribution >= 4 is 5.91 Å². The number of hydrogen-bond acceptors (Lipinski definition) is 3. The largest absolute Gasteiger partial charge is 0.384 e. The van der Waals surface area contributed by atoms with Crippen LogP contribution in [0.3, 0.4) is 0 Å². The van der Waals surface area contributed by atoms with Gasteiger partial charge in [0.1, 0.15) is 6.61 Å². The Labute approximate surface area is 124 Å². The lowest BCUT2D eigenvalue weighted by molar-refractivity contribution is 0.0785. The predicted octanol–water partition coefficient (Wildman–Crippen LogP) is 1.70. The molecule has 0 bridgehead atoms. The van der Waals surface area contributed by atoms with E-state index in [1.807, 2.05) is 12.1 Å². The molecule has 0 saturated carbocycles. The summed E-state index contributed by atoms with van der Waals surface area (Å²) in [6.07, 6.45) is 3.45. The molecule has 2 rings (SSSR count). The molecule has 4 heteroatoms. The number of aliphatic hydroxyl groups excluding tert-OH is 1. The third-order valence-corrected chi connectivity index (χ3v) is 2.91.